The van der Waals surface area contributed by atoms with E-state index in [1.165, 1.54) is 22.2 Å². The van der Waals surface area contributed by atoms with Crippen LogP contribution in [0.2, 0.25) is 0 Å². The molecule has 156 valence electrons. The summed E-state index contributed by atoms with van der Waals surface area (Å²) in [6, 6.07) is 20.4. The van der Waals surface area contributed by atoms with Gasteiger partial charge in [0, 0.05) is 17.7 Å². The molecule has 0 bridgehead atoms. The summed E-state index contributed by atoms with van der Waals surface area (Å²) in [5.41, 5.74) is 2.20. The Kier molecular flexibility index (Phi) is 7.82. The molecule has 0 aliphatic carbocycles. The van der Waals surface area contributed by atoms with Gasteiger partial charge in [-0.1, -0.05) is 78.5 Å². The van der Waals surface area contributed by atoms with E-state index in [-0.39, 0.29) is 17.7 Å². The van der Waals surface area contributed by atoms with Crippen LogP contribution in [0.1, 0.15) is 11.6 Å². The highest BCUT2D eigenvalue weighted by atomic mass is 32.2. The number of rotatable bonds is 10. The van der Waals surface area contributed by atoms with Gasteiger partial charge in [-0.05, 0) is 0 Å². The van der Waals surface area contributed by atoms with Crippen molar-refractivity contribution in [2.45, 2.75) is 17.7 Å². The van der Waals surface area contributed by atoms with Crippen LogP contribution < -0.4 is 10.2 Å². The minimum atomic E-state index is -0.0170. The lowest BCUT2D eigenvalue weighted by Crippen LogP contribution is -3.07. The van der Waals surface area contributed by atoms with E-state index in [0.29, 0.717) is 18.2 Å². The lowest BCUT2D eigenvalue weighted by molar-refractivity contribution is -0.890. The molecule has 3 rings (SSSR count). The molecule has 3 aromatic rings. The van der Waals surface area contributed by atoms with Crippen LogP contribution in [0.3, 0.4) is 0 Å². The van der Waals surface area contributed by atoms with Crippen molar-refractivity contribution in [2.24, 2.45) is 0 Å². The largest absolute Gasteiger partial charge is 0.349 e. The molecule has 0 spiro atoms. The van der Waals surface area contributed by atoms with Gasteiger partial charge in [-0.2, -0.15) is 0 Å². The number of allylic oxidation sites excluding steroid dienone is 1. The van der Waals surface area contributed by atoms with Gasteiger partial charge in [0.15, 0.2) is 11.0 Å². The number of quaternary nitrogens is 1. The van der Waals surface area contributed by atoms with Crippen LogP contribution in [0.4, 0.5) is 0 Å². The molecule has 1 amide bonds. The van der Waals surface area contributed by atoms with Crippen LogP contribution in [0.5, 0.6) is 0 Å². The van der Waals surface area contributed by atoms with Crippen LogP contribution in [-0.4, -0.2) is 47.1 Å². The third-order valence-electron chi connectivity index (χ3n) is 4.80. The van der Waals surface area contributed by atoms with Gasteiger partial charge in [0.2, 0.25) is 5.91 Å². The average molecular weight is 423 g/mol. The van der Waals surface area contributed by atoms with Crippen LogP contribution >= 0.6 is 11.8 Å². The van der Waals surface area contributed by atoms with Crippen molar-refractivity contribution < 1.29 is 9.69 Å². The Balaban J connectivity index is 1.62. The Morgan fingerprint density at radius 2 is 1.80 bits per heavy atom. The van der Waals surface area contributed by atoms with Crippen molar-refractivity contribution in [3.05, 3.63) is 78.9 Å². The van der Waals surface area contributed by atoms with E-state index in [1.807, 2.05) is 59.2 Å². The quantitative estimate of drug-likeness (QED) is 0.389. The summed E-state index contributed by atoms with van der Waals surface area (Å²) < 4.78 is 1.98. The summed E-state index contributed by atoms with van der Waals surface area (Å²) in [4.78, 5) is 13.8. The van der Waals surface area contributed by atoms with Gasteiger partial charge in [0.25, 0.3) is 0 Å². The van der Waals surface area contributed by atoms with Crippen LogP contribution in [0.25, 0.3) is 11.4 Å². The Morgan fingerprint density at radius 3 is 2.43 bits per heavy atom. The molecule has 30 heavy (non-hydrogen) atoms. The maximum Gasteiger partial charge on any atom is 0.230 e. The molecule has 1 heterocycles. The third-order valence-corrected chi connectivity index (χ3v) is 5.76. The summed E-state index contributed by atoms with van der Waals surface area (Å²) >= 11 is 1.39. The van der Waals surface area contributed by atoms with Crippen molar-refractivity contribution >= 4 is 17.7 Å². The van der Waals surface area contributed by atoms with Crippen LogP contribution in [-0.2, 0) is 11.3 Å². The first-order valence-electron chi connectivity index (χ1n) is 9.94. The number of carbonyl (C=O) groups excluding carboxylic acids is 1. The number of thioether (sulfide) groups is 1. The molecule has 1 atom stereocenters. The molecule has 2 N–H and O–H groups in total. The molecule has 0 radical (unpaired) electrons. The van der Waals surface area contributed by atoms with Crippen molar-refractivity contribution in [3.8, 4) is 11.4 Å². The SMILES string of the molecule is C=CCn1c(SCC(=O)NC[C@@H](c2ccccc2)[NH+](C)C)nnc1-c1ccccc1. The van der Waals surface area contributed by atoms with E-state index in [1.54, 1.807) is 0 Å². The van der Waals surface area contributed by atoms with Gasteiger partial charge in [-0.25, -0.2) is 0 Å². The highest BCUT2D eigenvalue weighted by Gasteiger charge is 2.19. The summed E-state index contributed by atoms with van der Waals surface area (Å²) in [5, 5.41) is 12.4. The molecule has 1 aromatic heterocycles. The highest BCUT2D eigenvalue weighted by molar-refractivity contribution is 7.99. The zero-order valence-corrected chi connectivity index (χ0v) is 18.2. The van der Waals surface area contributed by atoms with Crippen molar-refractivity contribution in [3.63, 3.8) is 0 Å². The zero-order valence-electron chi connectivity index (χ0n) is 17.4. The highest BCUT2D eigenvalue weighted by Crippen LogP contribution is 2.23. The first-order chi connectivity index (χ1) is 14.6. The van der Waals surface area contributed by atoms with Gasteiger partial charge in [-0.3, -0.25) is 9.36 Å². The van der Waals surface area contributed by atoms with Gasteiger partial charge >= 0.3 is 0 Å². The number of aromatic nitrogens is 3. The van der Waals surface area contributed by atoms with Gasteiger partial charge in [0.1, 0.15) is 6.04 Å². The van der Waals surface area contributed by atoms with Gasteiger partial charge in [0.05, 0.1) is 26.4 Å². The van der Waals surface area contributed by atoms with E-state index >= 15 is 0 Å². The molecule has 0 aliphatic heterocycles. The topological polar surface area (TPSA) is 64.2 Å². The summed E-state index contributed by atoms with van der Waals surface area (Å²) in [7, 11) is 4.20. The maximum atomic E-state index is 12.5. The number of nitrogens with zero attached hydrogens (tertiary/aromatic N) is 3. The lowest BCUT2D eigenvalue weighted by atomic mass is 10.1. The Hall–Kier alpha value is -2.90. The molecule has 2 aromatic carbocycles. The average Bonchev–Trinajstić information content (AvgIpc) is 3.16. The number of hydrogen-bond acceptors (Lipinski definition) is 4. The second-order valence-electron chi connectivity index (χ2n) is 7.20. The zero-order chi connectivity index (χ0) is 21.3. The monoisotopic (exact) mass is 422 g/mol. The summed E-state index contributed by atoms with van der Waals surface area (Å²) in [6.07, 6.45) is 1.81. The minimum Gasteiger partial charge on any atom is -0.349 e. The molecular weight excluding hydrogens is 394 g/mol. The molecule has 7 heteroatoms. The Bertz CT molecular complexity index is 956. The van der Waals surface area contributed by atoms with E-state index in [4.69, 9.17) is 0 Å². The first kappa shape index (κ1) is 21.8. The lowest BCUT2D eigenvalue weighted by Gasteiger charge is -2.22. The second-order valence-corrected chi connectivity index (χ2v) is 8.15. The summed E-state index contributed by atoms with van der Waals surface area (Å²) in [5.74, 6) is 1.05. The van der Waals surface area contributed by atoms with Gasteiger partial charge < -0.3 is 10.2 Å². The molecule has 0 saturated heterocycles. The normalized spacial score (nSPS) is 12.0. The standard InChI is InChI=1S/C23H27N5OS/c1-4-15-28-22(19-13-9-6-10-14-19)25-26-23(28)30-17-21(29)24-16-20(27(2)3)18-11-7-5-8-12-18/h4-14,20H,1,15-17H2,2-3H3,(H,24,29)/p+1/t20-/m0/s1. The number of amides is 1. The number of carbonyl (C=O) groups is 1. The predicted molar refractivity (Wildman–Crippen MR) is 121 cm³/mol. The van der Waals surface area contributed by atoms with E-state index < -0.39 is 0 Å². The fourth-order valence-corrected chi connectivity index (χ4v) is 4.01. The van der Waals surface area contributed by atoms with Gasteiger partial charge in [-0.15, -0.1) is 16.8 Å². The van der Waals surface area contributed by atoms with E-state index in [0.717, 1.165) is 11.4 Å². The molecule has 0 unspecified atom stereocenters. The van der Waals surface area contributed by atoms with Crippen LogP contribution in [0.15, 0.2) is 78.5 Å². The fraction of sp³-hybridized carbons (Fsp3) is 0.261. The Labute approximate surface area is 182 Å². The first-order valence-corrected chi connectivity index (χ1v) is 10.9. The molecule has 0 saturated carbocycles. The number of likely N-dealkylation sites (N-methyl/N-ethyl adjacent to an activating group) is 1. The van der Waals surface area contributed by atoms with Crippen molar-refractivity contribution in [2.75, 3.05) is 26.4 Å². The molecule has 6 nitrogen and oxygen atoms in total. The molecule has 0 aliphatic rings. The second kappa shape index (κ2) is 10.8. The van der Waals surface area contributed by atoms with Crippen molar-refractivity contribution in [1.29, 1.82) is 0 Å². The Morgan fingerprint density at radius 1 is 1.13 bits per heavy atom. The third kappa shape index (κ3) is 5.58. The summed E-state index contributed by atoms with van der Waals surface area (Å²) in [6.45, 7) is 5.00. The number of benzene rings is 2. The molecular formula is C23H28N5OS+. The maximum absolute atomic E-state index is 12.5. The smallest absolute Gasteiger partial charge is 0.230 e. The fourth-order valence-electron chi connectivity index (χ4n) is 3.23. The van der Waals surface area contributed by atoms with E-state index in [9.17, 15) is 4.79 Å². The number of hydrogen-bond donors (Lipinski definition) is 2. The van der Waals surface area contributed by atoms with E-state index in [2.05, 4.69) is 48.3 Å². The van der Waals surface area contributed by atoms with Crippen LogP contribution in [0, 0.1) is 0 Å². The predicted octanol–water partition coefficient (Wildman–Crippen LogP) is 2.23. The molecule has 0 fully saturated rings. The number of nitrogens with one attached hydrogen (secondary N) is 2. The minimum absolute atomic E-state index is 0.0170. The van der Waals surface area contributed by atoms with Crippen molar-refractivity contribution in [1.82, 2.24) is 20.1 Å².